The summed E-state index contributed by atoms with van der Waals surface area (Å²) in [6.45, 7) is 2.77. The zero-order chi connectivity index (χ0) is 13.9. The lowest BCUT2D eigenvalue weighted by Gasteiger charge is -2.42. The van der Waals surface area contributed by atoms with E-state index in [-0.39, 0.29) is 6.17 Å². The maximum atomic E-state index is 11.3. The number of carbonyl (C=O) groups excluding carboxylic acids is 1. The largest absolute Gasteiger partial charge is 0.350 e. The van der Waals surface area contributed by atoms with Crippen molar-refractivity contribution in [2.75, 3.05) is 23.4 Å². The van der Waals surface area contributed by atoms with E-state index >= 15 is 0 Å². The lowest BCUT2D eigenvalue weighted by atomic mass is 10.0. The fourth-order valence-electron chi connectivity index (χ4n) is 3.61. The molecule has 2 aromatic rings. The number of carbonyl (C=O) groups is 1. The number of hydrogen-bond donors (Lipinski definition) is 0. The third-order valence-corrected chi connectivity index (χ3v) is 4.59. The van der Waals surface area contributed by atoms with Crippen molar-refractivity contribution >= 4 is 28.4 Å². The van der Waals surface area contributed by atoms with Crippen LogP contribution in [0.4, 0.5) is 11.4 Å². The molecule has 2 aliphatic rings. The molecule has 0 spiro atoms. The molecule has 2 aliphatic heterocycles. The summed E-state index contributed by atoms with van der Waals surface area (Å²) < 4.78 is 0. The van der Waals surface area contributed by atoms with E-state index in [1.54, 1.807) is 0 Å². The number of benzene rings is 2. The van der Waals surface area contributed by atoms with Gasteiger partial charge in [0.1, 0.15) is 12.5 Å². The Morgan fingerprint density at radius 1 is 1.15 bits per heavy atom. The Bertz CT molecular complexity index is 757. The van der Waals surface area contributed by atoms with Crippen LogP contribution in [0.5, 0.6) is 0 Å². The summed E-state index contributed by atoms with van der Waals surface area (Å²) in [5.41, 5.74) is 4.55. The van der Waals surface area contributed by atoms with Gasteiger partial charge in [-0.1, -0.05) is 24.3 Å². The van der Waals surface area contributed by atoms with Crippen LogP contribution in [-0.4, -0.2) is 26.0 Å². The summed E-state index contributed by atoms with van der Waals surface area (Å²) in [6.07, 6.45) is 1.17. The molecular formula is C17H16N2O. The van der Waals surface area contributed by atoms with Crippen molar-refractivity contribution < 1.29 is 4.79 Å². The van der Waals surface area contributed by atoms with Crippen molar-refractivity contribution in [2.45, 2.75) is 13.1 Å². The van der Waals surface area contributed by atoms with Gasteiger partial charge < -0.3 is 9.80 Å². The van der Waals surface area contributed by atoms with E-state index in [2.05, 4.69) is 60.2 Å². The van der Waals surface area contributed by atoms with Crippen LogP contribution < -0.4 is 9.80 Å². The third-order valence-electron chi connectivity index (χ3n) is 4.59. The van der Waals surface area contributed by atoms with Gasteiger partial charge in [-0.15, -0.1) is 0 Å². The van der Waals surface area contributed by atoms with Crippen LogP contribution in [0.25, 0.3) is 10.8 Å². The van der Waals surface area contributed by atoms with E-state index in [1.165, 1.54) is 22.1 Å². The molecule has 0 saturated heterocycles. The van der Waals surface area contributed by atoms with Gasteiger partial charge in [0.15, 0.2) is 0 Å². The second-order valence-electron chi connectivity index (χ2n) is 5.59. The van der Waals surface area contributed by atoms with Crippen LogP contribution in [0.3, 0.4) is 0 Å². The Morgan fingerprint density at radius 2 is 1.85 bits per heavy atom. The molecule has 0 fully saturated rings. The molecule has 0 N–H and O–H groups in total. The second-order valence-corrected chi connectivity index (χ2v) is 5.59. The number of nitrogens with zero attached hydrogens (tertiary/aromatic N) is 2. The molecule has 100 valence electrons. The predicted octanol–water partition coefficient (Wildman–Crippen LogP) is 2.95. The van der Waals surface area contributed by atoms with E-state index in [9.17, 15) is 4.79 Å². The number of fused-ring (bicyclic) bond motifs is 2. The van der Waals surface area contributed by atoms with Crippen LogP contribution in [0.1, 0.15) is 6.92 Å². The van der Waals surface area contributed by atoms with E-state index in [0.717, 1.165) is 17.4 Å². The quantitative estimate of drug-likeness (QED) is 0.740. The van der Waals surface area contributed by atoms with Crippen molar-refractivity contribution in [1.82, 2.24) is 0 Å². The zero-order valence-electron chi connectivity index (χ0n) is 11.6. The first-order valence-corrected chi connectivity index (χ1v) is 6.88. The standard InChI is InChI=1S/C17H16N2O/c1-11-13(10-20)9-19-15-8-4-6-12-5-3-7-14(16(12)15)18(2)17(11)19/h3-8,10,17H,9H2,1-2H3. The van der Waals surface area contributed by atoms with Crippen LogP contribution in [0, 0.1) is 0 Å². The molecule has 20 heavy (non-hydrogen) atoms. The smallest absolute Gasteiger partial charge is 0.147 e. The fourth-order valence-corrected chi connectivity index (χ4v) is 3.61. The van der Waals surface area contributed by atoms with Crippen molar-refractivity contribution in [1.29, 1.82) is 0 Å². The Kier molecular flexibility index (Phi) is 2.22. The Hall–Kier alpha value is -2.29. The lowest BCUT2D eigenvalue weighted by molar-refractivity contribution is -0.104. The second kappa shape index (κ2) is 3.85. The van der Waals surface area contributed by atoms with E-state index in [0.29, 0.717) is 6.54 Å². The first-order chi connectivity index (χ1) is 9.72. The van der Waals surface area contributed by atoms with Crippen molar-refractivity contribution in [3.8, 4) is 0 Å². The van der Waals surface area contributed by atoms with Gasteiger partial charge in [0, 0.05) is 35.9 Å². The third kappa shape index (κ3) is 1.27. The number of hydrogen-bond acceptors (Lipinski definition) is 3. The molecule has 0 amide bonds. The van der Waals surface area contributed by atoms with Gasteiger partial charge in [-0.2, -0.15) is 0 Å². The van der Waals surface area contributed by atoms with Gasteiger partial charge in [0.05, 0.1) is 0 Å². The molecule has 2 aromatic carbocycles. The molecule has 1 atom stereocenters. The van der Waals surface area contributed by atoms with Gasteiger partial charge in [-0.3, -0.25) is 4.79 Å². The van der Waals surface area contributed by atoms with Gasteiger partial charge in [-0.25, -0.2) is 0 Å². The molecule has 0 bridgehead atoms. The topological polar surface area (TPSA) is 23.6 Å². The van der Waals surface area contributed by atoms with E-state index < -0.39 is 0 Å². The normalized spacial score (nSPS) is 20.6. The molecule has 0 saturated carbocycles. The van der Waals surface area contributed by atoms with E-state index in [1.807, 2.05) is 0 Å². The Balaban J connectivity index is 2.03. The summed E-state index contributed by atoms with van der Waals surface area (Å²) >= 11 is 0. The highest BCUT2D eigenvalue weighted by Gasteiger charge is 2.37. The summed E-state index contributed by atoms with van der Waals surface area (Å²) in [5.74, 6) is 0. The molecule has 0 radical (unpaired) electrons. The van der Waals surface area contributed by atoms with Crippen LogP contribution in [-0.2, 0) is 4.79 Å². The molecule has 3 nitrogen and oxygen atoms in total. The number of rotatable bonds is 1. The van der Waals surface area contributed by atoms with E-state index in [4.69, 9.17) is 0 Å². The minimum Gasteiger partial charge on any atom is -0.350 e. The summed E-state index contributed by atoms with van der Waals surface area (Å²) in [5, 5.41) is 2.54. The minimum absolute atomic E-state index is 0.163. The average Bonchev–Trinajstić information content (AvgIpc) is 2.82. The van der Waals surface area contributed by atoms with Crippen LogP contribution in [0.15, 0.2) is 47.5 Å². The highest BCUT2D eigenvalue weighted by Crippen LogP contribution is 2.44. The Labute approximate surface area is 118 Å². The monoisotopic (exact) mass is 264 g/mol. The maximum absolute atomic E-state index is 11.3. The average molecular weight is 264 g/mol. The molecular weight excluding hydrogens is 248 g/mol. The maximum Gasteiger partial charge on any atom is 0.147 e. The molecule has 1 unspecified atom stereocenters. The molecule has 4 rings (SSSR count). The van der Waals surface area contributed by atoms with Crippen LogP contribution in [0.2, 0.25) is 0 Å². The fraction of sp³-hybridized carbons (Fsp3) is 0.235. The number of aldehydes is 1. The molecule has 3 heteroatoms. The van der Waals surface area contributed by atoms with Crippen molar-refractivity contribution in [2.24, 2.45) is 0 Å². The Morgan fingerprint density at radius 3 is 2.55 bits per heavy atom. The number of anilines is 2. The SMILES string of the molecule is CC1=C(C=O)CN2c3cccc4cccc(c34)N(C)C12. The van der Waals surface area contributed by atoms with Gasteiger partial charge in [0.2, 0.25) is 0 Å². The first kappa shape index (κ1) is 11.5. The van der Waals surface area contributed by atoms with Gasteiger partial charge in [-0.05, 0) is 30.0 Å². The summed E-state index contributed by atoms with van der Waals surface area (Å²) in [6, 6.07) is 12.8. The van der Waals surface area contributed by atoms with Gasteiger partial charge >= 0.3 is 0 Å². The zero-order valence-corrected chi connectivity index (χ0v) is 11.6. The molecule has 2 heterocycles. The number of likely N-dealkylation sites (N-methyl/N-ethyl adjacent to an activating group) is 1. The predicted molar refractivity (Wildman–Crippen MR) is 82.2 cm³/mol. The van der Waals surface area contributed by atoms with Gasteiger partial charge in [0.25, 0.3) is 0 Å². The molecule has 0 aliphatic carbocycles. The lowest BCUT2D eigenvalue weighted by Crippen LogP contribution is -2.47. The van der Waals surface area contributed by atoms with Crippen molar-refractivity contribution in [3.63, 3.8) is 0 Å². The van der Waals surface area contributed by atoms with Crippen LogP contribution >= 0.6 is 0 Å². The summed E-state index contributed by atoms with van der Waals surface area (Å²) in [4.78, 5) is 15.9. The van der Waals surface area contributed by atoms with Crippen molar-refractivity contribution in [3.05, 3.63) is 47.5 Å². The highest BCUT2D eigenvalue weighted by molar-refractivity contribution is 6.06. The highest BCUT2D eigenvalue weighted by atomic mass is 16.1. The minimum atomic E-state index is 0.163. The summed E-state index contributed by atoms with van der Waals surface area (Å²) in [7, 11) is 2.11. The molecule has 0 aromatic heterocycles. The first-order valence-electron chi connectivity index (χ1n) is 6.88.